The van der Waals surface area contributed by atoms with Gasteiger partial charge in [0.2, 0.25) is 5.91 Å². The summed E-state index contributed by atoms with van der Waals surface area (Å²) in [5.74, 6) is -0.0523. The van der Waals surface area contributed by atoms with E-state index in [1.54, 1.807) is 6.92 Å². The van der Waals surface area contributed by atoms with Crippen molar-refractivity contribution in [2.24, 2.45) is 5.73 Å². The third-order valence-electron chi connectivity index (χ3n) is 4.54. The number of rotatable bonds is 4. The maximum atomic E-state index is 11.8. The molecule has 1 aliphatic carbocycles. The lowest BCUT2D eigenvalue weighted by Crippen LogP contribution is -2.47. The van der Waals surface area contributed by atoms with Crippen molar-refractivity contribution in [2.75, 3.05) is 6.54 Å². The average Bonchev–Trinajstić information content (AvgIpc) is 2.46. The van der Waals surface area contributed by atoms with Crippen LogP contribution in [0.5, 0.6) is 0 Å². The maximum Gasteiger partial charge on any atom is 0.236 e. The lowest BCUT2D eigenvalue weighted by molar-refractivity contribution is -0.122. The van der Waals surface area contributed by atoms with E-state index in [2.05, 4.69) is 36.5 Å². The number of hydrogen-bond donors (Lipinski definition) is 2. The highest BCUT2D eigenvalue weighted by Gasteiger charge is 2.35. The van der Waals surface area contributed by atoms with Crippen LogP contribution in [0, 0.1) is 6.92 Å². The Kier molecular flexibility index (Phi) is 4.81. The van der Waals surface area contributed by atoms with Gasteiger partial charge in [0.15, 0.2) is 0 Å². The van der Waals surface area contributed by atoms with Crippen LogP contribution in [0.1, 0.15) is 50.2 Å². The summed E-state index contributed by atoms with van der Waals surface area (Å²) in [6, 6.07) is 8.13. The Hall–Kier alpha value is -1.35. The number of carbonyl (C=O) groups is 1. The molecule has 0 aliphatic heterocycles. The number of aryl methyl sites for hydroxylation is 1. The van der Waals surface area contributed by atoms with Crippen LogP contribution in [-0.4, -0.2) is 18.5 Å². The fraction of sp³-hybridized carbons (Fsp3) is 0.588. The van der Waals surface area contributed by atoms with Crippen molar-refractivity contribution in [1.29, 1.82) is 0 Å². The molecular formula is C17H26N2O. The molecule has 3 nitrogen and oxygen atoms in total. The van der Waals surface area contributed by atoms with Gasteiger partial charge in [0, 0.05) is 12.0 Å². The van der Waals surface area contributed by atoms with Gasteiger partial charge in [0.1, 0.15) is 0 Å². The van der Waals surface area contributed by atoms with Crippen LogP contribution >= 0.6 is 0 Å². The summed E-state index contributed by atoms with van der Waals surface area (Å²) in [4.78, 5) is 11.8. The molecule has 0 spiro atoms. The van der Waals surface area contributed by atoms with Crippen molar-refractivity contribution in [3.8, 4) is 0 Å². The predicted molar refractivity (Wildman–Crippen MR) is 82.6 cm³/mol. The molecule has 0 heterocycles. The van der Waals surface area contributed by atoms with Crippen LogP contribution in [0.4, 0.5) is 0 Å². The number of amides is 1. The maximum absolute atomic E-state index is 11.8. The minimum atomic E-state index is -0.437. The molecule has 0 radical (unpaired) electrons. The van der Waals surface area contributed by atoms with E-state index in [9.17, 15) is 4.79 Å². The molecule has 1 fully saturated rings. The van der Waals surface area contributed by atoms with Crippen LogP contribution in [0.25, 0.3) is 0 Å². The Morgan fingerprint density at radius 2 is 1.95 bits per heavy atom. The Balaban J connectivity index is 2.22. The summed E-state index contributed by atoms with van der Waals surface area (Å²) in [7, 11) is 0. The second kappa shape index (κ2) is 6.40. The Morgan fingerprint density at radius 3 is 2.55 bits per heavy atom. The number of nitrogens with two attached hydrogens (primary N) is 1. The molecule has 110 valence electrons. The van der Waals surface area contributed by atoms with E-state index in [1.165, 1.54) is 30.4 Å². The van der Waals surface area contributed by atoms with Gasteiger partial charge in [-0.3, -0.25) is 4.79 Å². The second-order valence-corrected chi connectivity index (χ2v) is 6.16. The smallest absolute Gasteiger partial charge is 0.236 e. The molecule has 1 aliphatic rings. The standard InChI is InChI=1S/C17H26N2O/c1-13-8-4-5-9-15(13)17(10-6-3-7-11-17)12-19-16(20)14(2)18/h4-5,8-9,14H,3,6-7,10-12,18H2,1-2H3,(H,19,20)/t14-/m0/s1. The molecular weight excluding hydrogens is 248 g/mol. The topological polar surface area (TPSA) is 55.1 Å². The number of benzene rings is 1. The van der Waals surface area contributed by atoms with Crippen molar-refractivity contribution >= 4 is 5.91 Å². The van der Waals surface area contributed by atoms with E-state index < -0.39 is 6.04 Å². The zero-order valence-corrected chi connectivity index (χ0v) is 12.6. The molecule has 1 amide bonds. The van der Waals surface area contributed by atoms with Gasteiger partial charge in [-0.1, -0.05) is 43.5 Å². The zero-order chi connectivity index (χ0) is 14.6. The Labute approximate surface area is 121 Å². The summed E-state index contributed by atoms with van der Waals surface area (Å²) < 4.78 is 0. The molecule has 1 aromatic rings. The Bertz CT molecular complexity index is 462. The second-order valence-electron chi connectivity index (χ2n) is 6.16. The first-order valence-corrected chi connectivity index (χ1v) is 7.65. The van der Waals surface area contributed by atoms with Crippen molar-refractivity contribution in [3.63, 3.8) is 0 Å². The lowest BCUT2D eigenvalue weighted by atomic mass is 9.68. The molecule has 2 rings (SSSR count). The first kappa shape index (κ1) is 15.0. The third kappa shape index (κ3) is 3.21. The third-order valence-corrected chi connectivity index (χ3v) is 4.54. The van der Waals surface area contributed by atoms with Gasteiger partial charge in [-0.05, 0) is 37.8 Å². The first-order valence-electron chi connectivity index (χ1n) is 7.65. The molecule has 3 heteroatoms. The molecule has 1 aromatic carbocycles. The van der Waals surface area contributed by atoms with E-state index in [0.29, 0.717) is 6.54 Å². The number of hydrogen-bond acceptors (Lipinski definition) is 2. The van der Waals surface area contributed by atoms with Gasteiger partial charge >= 0.3 is 0 Å². The highest BCUT2D eigenvalue weighted by atomic mass is 16.2. The SMILES string of the molecule is Cc1ccccc1C1(CNC(=O)[C@H](C)N)CCCCC1. The summed E-state index contributed by atoms with van der Waals surface area (Å²) in [5, 5.41) is 3.05. The summed E-state index contributed by atoms with van der Waals surface area (Å²) >= 11 is 0. The van der Waals surface area contributed by atoms with Crippen molar-refractivity contribution in [1.82, 2.24) is 5.32 Å². The predicted octanol–water partition coefficient (Wildman–Crippen LogP) is 2.66. The van der Waals surface area contributed by atoms with E-state index >= 15 is 0 Å². The van der Waals surface area contributed by atoms with Gasteiger partial charge in [0.05, 0.1) is 6.04 Å². The molecule has 0 unspecified atom stereocenters. The quantitative estimate of drug-likeness (QED) is 0.887. The van der Waals surface area contributed by atoms with E-state index in [-0.39, 0.29) is 11.3 Å². The number of nitrogens with one attached hydrogen (secondary N) is 1. The van der Waals surface area contributed by atoms with Crippen LogP contribution < -0.4 is 11.1 Å². The zero-order valence-electron chi connectivity index (χ0n) is 12.6. The van der Waals surface area contributed by atoms with E-state index in [0.717, 1.165) is 12.8 Å². The van der Waals surface area contributed by atoms with Gasteiger partial charge in [-0.2, -0.15) is 0 Å². The van der Waals surface area contributed by atoms with Crippen molar-refractivity contribution in [3.05, 3.63) is 35.4 Å². The van der Waals surface area contributed by atoms with E-state index in [1.807, 2.05) is 0 Å². The fourth-order valence-corrected chi connectivity index (χ4v) is 3.36. The molecule has 3 N–H and O–H groups in total. The van der Waals surface area contributed by atoms with Crippen LogP contribution in [0.2, 0.25) is 0 Å². The number of carbonyl (C=O) groups excluding carboxylic acids is 1. The van der Waals surface area contributed by atoms with Gasteiger partial charge < -0.3 is 11.1 Å². The summed E-state index contributed by atoms with van der Waals surface area (Å²) in [5.41, 5.74) is 8.46. The first-order chi connectivity index (χ1) is 9.55. The highest BCUT2D eigenvalue weighted by Crippen LogP contribution is 2.40. The minimum absolute atomic E-state index is 0.0523. The average molecular weight is 274 g/mol. The van der Waals surface area contributed by atoms with Crippen LogP contribution in [-0.2, 0) is 10.2 Å². The fourth-order valence-electron chi connectivity index (χ4n) is 3.36. The molecule has 0 aromatic heterocycles. The molecule has 20 heavy (non-hydrogen) atoms. The van der Waals surface area contributed by atoms with Crippen LogP contribution in [0.3, 0.4) is 0 Å². The summed E-state index contributed by atoms with van der Waals surface area (Å²) in [6.07, 6.45) is 6.08. The molecule has 0 saturated heterocycles. The Morgan fingerprint density at radius 1 is 1.30 bits per heavy atom. The monoisotopic (exact) mass is 274 g/mol. The summed E-state index contributed by atoms with van der Waals surface area (Å²) in [6.45, 7) is 4.61. The lowest BCUT2D eigenvalue weighted by Gasteiger charge is -2.39. The molecule has 1 saturated carbocycles. The van der Waals surface area contributed by atoms with Gasteiger partial charge in [-0.15, -0.1) is 0 Å². The molecule has 0 bridgehead atoms. The van der Waals surface area contributed by atoms with Gasteiger partial charge in [-0.25, -0.2) is 0 Å². The highest BCUT2D eigenvalue weighted by molar-refractivity contribution is 5.81. The minimum Gasteiger partial charge on any atom is -0.354 e. The normalized spacial score (nSPS) is 19.4. The largest absolute Gasteiger partial charge is 0.354 e. The van der Waals surface area contributed by atoms with Crippen LogP contribution in [0.15, 0.2) is 24.3 Å². The van der Waals surface area contributed by atoms with E-state index in [4.69, 9.17) is 5.73 Å². The van der Waals surface area contributed by atoms with Crippen molar-refractivity contribution < 1.29 is 4.79 Å². The van der Waals surface area contributed by atoms with Crippen molar-refractivity contribution in [2.45, 2.75) is 57.4 Å². The molecule has 1 atom stereocenters. The van der Waals surface area contributed by atoms with Gasteiger partial charge in [0.25, 0.3) is 0 Å².